The van der Waals surface area contributed by atoms with Crippen LogP contribution in [0.4, 0.5) is 0 Å². The molecule has 3 N–H and O–H groups in total. The fourth-order valence-electron chi connectivity index (χ4n) is 0.652. The highest BCUT2D eigenvalue weighted by Crippen LogP contribution is 1.86. The Morgan fingerprint density at radius 2 is 2.08 bits per heavy atom. The molecule has 0 aromatic carbocycles. The zero-order valence-electron chi connectivity index (χ0n) is 7.63. The first-order valence-electron chi connectivity index (χ1n) is 3.94. The molecule has 3 nitrogen and oxygen atoms in total. The molecule has 0 atom stereocenters. The van der Waals surface area contributed by atoms with Gasteiger partial charge in [-0.1, -0.05) is 17.7 Å². The first-order valence-corrected chi connectivity index (χ1v) is 3.94. The lowest BCUT2D eigenvalue weighted by molar-refractivity contribution is -0.116. The number of hydrogen-bond donors (Lipinski definition) is 2. The van der Waals surface area contributed by atoms with Crippen molar-refractivity contribution in [2.45, 2.75) is 13.8 Å². The maximum absolute atomic E-state index is 11.0. The van der Waals surface area contributed by atoms with E-state index in [2.05, 4.69) is 5.32 Å². The van der Waals surface area contributed by atoms with Crippen molar-refractivity contribution in [1.82, 2.24) is 5.32 Å². The number of rotatable bonds is 4. The van der Waals surface area contributed by atoms with Gasteiger partial charge in [0.25, 0.3) is 0 Å². The van der Waals surface area contributed by atoms with E-state index in [1.165, 1.54) is 0 Å². The van der Waals surface area contributed by atoms with E-state index in [-0.39, 0.29) is 5.91 Å². The SMILES string of the molecule is CC(C)=CC(=O)NC/C=C/CN. The number of amides is 1. The molecule has 0 aliphatic carbocycles. The molecule has 0 spiro atoms. The standard InChI is InChI=1S/C9H16N2O/c1-8(2)7-9(12)11-6-4-3-5-10/h3-4,7H,5-6,10H2,1-2H3,(H,11,12)/b4-3+. The van der Waals surface area contributed by atoms with Gasteiger partial charge >= 0.3 is 0 Å². The number of hydrogen-bond acceptors (Lipinski definition) is 2. The van der Waals surface area contributed by atoms with Crippen molar-refractivity contribution in [2.24, 2.45) is 5.73 Å². The van der Waals surface area contributed by atoms with Gasteiger partial charge in [-0.25, -0.2) is 0 Å². The van der Waals surface area contributed by atoms with Gasteiger partial charge in [0.15, 0.2) is 0 Å². The van der Waals surface area contributed by atoms with Gasteiger partial charge in [0, 0.05) is 19.2 Å². The second kappa shape index (κ2) is 6.61. The minimum Gasteiger partial charge on any atom is -0.349 e. The van der Waals surface area contributed by atoms with Crippen molar-refractivity contribution in [2.75, 3.05) is 13.1 Å². The highest BCUT2D eigenvalue weighted by Gasteiger charge is 1.91. The number of nitrogens with one attached hydrogen (secondary N) is 1. The van der Waals surface area contributed by atoms with Crippen molar-refractivity contribution in [3.63, 3.8) is 0 Å². The fraction of sp³-hybridized carbons (Fsp3) is 0.444. The second-order valence-corrected chi connectivity index (χ2v) is 2.67. The predicted octanol–water partition coefficient (Wildman–Crippen LogP) is 0.584. The molecule has 0 aliphatic rings. The Kier molecular flexibility index (Phi) is 6.01. The first kappa shape index (κ1) is 10.9. The fourth-order valence-corrected chi connectivity index (χ4v) is 0.652. The van der Waals surface area contributed by atoms with Crippen LogP contribution in [-0.4, -0.2) is 19.0 Å². The van der Waals surface area contributed by atoms with Gasteiger partial charge in [-0.15, -0.1) is 0 Å². The van der Waals surface area contributed by atoms with E-state index in [9.17, 15) is 4.79 Å². The molecule has 0 fully saturated rings. The van der Waals surface area contributed by atoms with Crippen LogP contribution in [-0.2, 0) is 4.79 Å². The monoisotopic (exact) mass is 168 g/mol. The topological polar surface area (TPSA) is 55.1 Å². The number of carbonyl (C=O) groups is 1. The summed E-state index contributed by atoms with van der Waals surface area (Å²) in [6.07, 6.45) is 5.20. The van der Waals surface area contributed by atoms with Crippen molar-refractivity contribution >= 4 is 5.91 Å². The molecule has 0 heterocycles. The molecule has 68 valence electrons. The van der Waals surface area contributed by atoms with Crippen LogP contribution in [0.3, 0.4) is 0 Å². The van der Waals surface area contributed by atoms with Crippen molar-refractivity contribution in [1.29, 1.82) is 0 Å². The molecule has 0 aliphatic heterocycles. The number of carbonyl (C=O) groups excluding carboxylic acids is 1. The Hall–Kier alpha value is -1.09. The lowest BCUT2D eigenvalue weighted by atomic mass is 10.3. The largest absolute Gasteiger partial charge is 0.349 e. The van der Waals surface area contributed by atoms with E-state index >= 15 is 0 Å². The summed E-state index contributed by atoms with van der Waals surface area (Å²) in [6, 6.07) is 0. The van der Waals surface area contributed by atoms with E-state index in [1.807, 2.05) is 26.0 Å². The molecular weight excluding hydrogens is 152 g/mol. The van der Waals surface area contributed by atoms with Gasteiger partial charge in [0.2, 0.25) is 5.91 Å². The van der Waals surface area contributed by atoms with Crippen molar-refractivity contribution in [3.05, 3.63) is 23.8 Å². The normalized spacial score (nSPS) is 9.92. The summed E-state index contributed by atoms with van der Waals surface area (Å²) in [5.41, 5.74) is 6.21. The molecule has 0 radical (unpaired) electrons. The molecule has 0 aromatic rings. The van der Waals surface area contributed by atoms with E-state index in [0.29, 0.717) is 13.1 Å². The van der Waals surface area contributed by atoms with Crippen LogP contribution in [0.2, 0.25) is 0 Å². The summed E-state index contributed by atoms with van der Waals surface area (Å²) in [4.78, 5) is 11.0. The van der Waals surface area contributed by atoms with Crippen LogP contribution in [0.5, 0.6) is 0 Å². The molecule has 3 heteroatoms. The smallest absolute Gasteiger partial charge is 0.244 e. The van der Waals surface area contributed by atoms with Gasteiger partial charge in [0.05, 0.1) is 0 Å². The zero-order valence-corrected chi connectivity index (χ0v) is 7.63. The zero-order chi connectivity index (χ0) is 9.40. The van der Waals surface area contributed by atoms with Crippen LogP contribution < -0.4 is 11.1 Å². The van der Waals surface area contributed by atoms with Gasteiger partial charge in [-0.3, -0.25) is 4.79 Å². The highest BCUT2D eigenvalue weighted by molar-refractivity contribution is 5.88. The minimum atomic E-state index is -0.0586. The average molecular weight is 168 g/mol. The highest BCUT2D eigenvalue weighted by atomic mass is 16.1. The predicted molar refractivity (Wildman–Crippen MR) is 50.6 cm³/mol. The Balaban J connectivity index is 3.58. The number of allylic oxidation sites excluding steroid dienone is 1. The van der Waals surface area contributed by atoms with Crippen LogP contribution >= 0.6 is 0 Å². The molecule has 0 rings (SSSR count). The summed E-state index contributed by atoms with van der Waals surface area (Å²) in [7, 11) is 0. The molecule has 12 heavy (non-hydrogen) atoms. The molecule has 1 amide bonds. The third-order valence-electron chi connectivity index (χ3n) is 1.12. The van der Waals surface area contributed by atoms with Gasteiger partial charge in [-0.05, 0) is 13.8 Å². The van der Waals surface area contributed by atoms with E-state index in [1.54, 1.807) is 6.08 Å². The van der Waals surface area contributed by atoms with E-state index < -0.39 is 0 Å². The maximum Gasteiger partial charge on any atom is 0.244 e. The Morgan fingerprint density at radius 3 is 2.58 bits per heavy atom. The molecule has 0 aromatic heterocycles. The third kappa shape index (κ3) is 7.02. The average Bonchev–Trinajstić information content (AvgIpc) is 1.97. The quantitative estimate of drug-likeness (QED) is 0.476. The minimum absolute atomic E-state index is 0.0586. The Morgan fingerprint density at radius 1 is 1.42 bits per heavy atom. The molecule has 0 saturated carbocycles. The second-order valence-electron chi connectivity index (χ2n) is 2.67. The van der Waals surface area contributed by atoms with Gasteiger partial charge < -0.3 is 11.1 Å². The van der Waals surface area contributed by atoms with Crippen LogP contribution in [0, 0.1) is 0 Å². The summed E-state index contributed by atoms with van der Waals surface area (Å²) in [5, 5.41) is 2.69. The van der Waals surface area contributed by atoms with Crippen molar-refractivity contribution < 1.29 is 4.79 Å². The maximum atomic E-state index is 11.0. The van der Waals surface area contributed by atoms with Crippen LogP contribution in [0.25, 0.3) is 0 Å². The Labute approximate surface area is 73.3 Å². The van der Waals surface area contributed by atoms with Gasteiger partial charge in [0.1, 0.15) is 0 Å². The summed E-state index contributed by atoms with van der Waals surface area (Å²) in [6.45, 7) is 4.82. The van der Waals surface area contributed by atoms with Crippen LogP contribution in [0.1, 0.15) is 13.8 Å². The lowest BCUT2D eigenvalue weighted by Gasteiger charge is -1.96. The van der Waals surface area contributed by atoms with Crippen molar-refractivity contribution in [3.8, 4) is 0 Å². The summed E-state index contributed by atoms with van der Waals surface area (Å²) < 4.78 is 0. The first-order chi connectivity index (χ1) is 5.66. The van der Waals surface area contributed by atoms with Gasteiger partial charge in [-0.2, -0.15) is 0 Å². The van der Waals surface area contributed by atoms with Crippen LogP contribution in [0.15, 0.2) is 23.8 Å². The van der Waals surface area contributed by atoms with E-state index in [4.69, 9.17) is 5.73 Å². The Bertz CT molecular complexity index is 191. The molecule has 0 saturated heterocycles. The summed E-state index contributed by atoms with van der Waals surface area (Å²) in [5.74, 6) is -0.0586. The third-order valence-corrected chi connectivity index (χ3v) is 1.12. The molecular formula is C9H16N2O. The van der Waals surface area contributed by atoms with E-state index in [0.717, 1.165) is 5.57 Å². The summed E-state index contributed by atoms with van der Waals surface area (Å²) >= 11 is 0. The molecule has 0 unspecified atom stereocenters. The lowest BCUT2D eigenvalue weighted by Crippen LogP contribution is -2.21. The number of nitrogens with two attached hydrogens (primary N) is 1. The molecule has 0 bridgehead atoms.